The molecule has 13 rings (SSSR count). The third-order valence-electron chi connectivity index (χ3n) is 22.7. The molecule has 662 valence electrons. The lowest BCUT2D eigenvalue weighted by atomic mass is 9.78. The number of fused-ring (bicyclic) bond motifs is 8. The minimum absolute atomic E-state index is 0. The van der Waals surface area contributed by atoms with E-state index in [0.717, 1.165) is 37.4 Å². The van der Waals surface area contributed by atoms with Crippen LogP contribution < -0.4 is 0 Å². The standard InChI is InChI=1S/C21H31F3N2O5.C17H25F3N2O4.C17H24F3NO3.C16H23F3N2O4.C4H8O.C2H6.2CH4/c1-19(2,3)17(28)30-16-13-8-11-7-12(26(13)18(29)31-20(4,5)6)15(16)25(10-11)14(27)9-21(22,23)24;1-16(2,3)26-15(24)22-10-5-9-6-11(22)14(25-4)13(10)21(8-9)12(23)7-17(18,19)20;1-16(2,3)15(23)24-14-11-5-9-4-10(6-11)13(14)21(8-9)12(22)7-17(18,19)20;1-15(2,3)25-14(24)21-9-4-8-5-10(21)13(23)12(9)20(7-8)11(22)6-16(17,18)19;1-2-4-5-3-1;1-2;;/h11-13,15-16H,7-10H2,1-6H3;9-11,13-14H,5-8H2,1-4H3;9-11,13-14H,4-8H2,1-3H3;8-10,12-13,23H,4-7H2,1-3H3;1-4H2;1-2H3;2*1H4/t11?,12-,13+,15?,16+;9?,10-,11+,13?,14+;9?,10-,11+,13?,14-;8?,9-,10+,12?,13+;;;;/m1101..../s1/i;;;;;1D;;. The molecule has 13 fully saturated rings. The molecule has 0 aromatic rings. The zero-order valence-electron chi connectivity index (χ0n) is 68.7. The minimum Gasteiger partial charge on any atom is -0.459 e. The van der Waals surface area contributed by atoms with Crippen molar-refractivity contribution in [3.63, 3.8) is 0 Å². The van der Waals surface area contributed by atoms with Gasteiger partial charge in [-0.3, -0.25) is 43.5 Å². The number of likely N-dealkylation sites (tertiary alicyclic amines) is 4. The molecule has 0 aromatic carbocycles. The number of aliphatic hydroxyl groups excluding tert-OH is 1. The Bertz CT molecular complexity index is 3420. The van der Waals surface area contributed by atoms with E-state index >= 15 is 0 Å². The number of carbonyl (C=O) groups is 9. The summed E-state index contributed by atoms with van der Waals surface area (Å²) in [5, 5.41) is 10.6. The summed E-state index contributed by atoms with van der Waals surface area (Å²) < 4.78 is 197. The molecule has 7 amide bonds. The van der Waals surface area contributed by atoms with Crippen LogP contribution in [0.1, 0.15) is 230 Å². The van der Waals surface area contributed by atoms with Crippen LogP contribution in [0.4, 0.5) is 67.1 Å². The molecule has 2 aliphatic carbocycles. The first kappa shape index (κ1) is 95.8. The van der Waals surface area contributed by atoms with Crippen molar-refractivity contribution >= 4 is 53.8 Å². The molecule has 11 aliphatic heterocycles. The molecule has 2 saturated carbocycles. The number of halogens is 12. The molecule has 0 spiro atoms. The van der Waals surface area contributed by atoms with E-state index in [1.54, 1.807) is 116 Å². The fourth-order valence-corrected chi connectivity index (χ4v) is 19.0. The van der Waals surface area contributed by atoms with Gasteiger partial charge in [0.15, 0.2) is 0 Å². The predicted octanol–water partition coefficient (Wildman–Crippen LogP) is 14.2. The average molecular weight is 1670 g/mol. The normalized spacial score (nSPS) is 31.8. The maximum atomic E-state index is 13.0. The number of hydrogen-bond donors (Lipinski definition) is 1. The number of rotatable bonds is 7. The predicted molar refractivity (Wildman–Crippen MR) is 394 cm³/mol. The quantitative estimate of drug-likeness (QED) is 0.141. The van der Waals surface area contributed by atoms with Gasteiger partial charge in [-0.1, -0.05) is 28.7 Å². The van der Waals surface area contributed by atoms with Gasteiger partial charge in [-0.15, -0.1) is 0 Å². The molecule has 8 unspecified atom stereocenters. The van der Waals surface area contributed by atoms with Crippen molar-refractivity contribution in [3.8, 4) is 0 Å². The van der Waals surface area contributed by atoms with E-state index in [1.807, 2.05) is 0 Å². The van der Waals surface area contributed by atoms with Crippen LogP contribution in [0.25, 0.3) is 0 Å². The number of nitrogens with zero attached hydrogens (tertiary/aromatic N) is 7. The largest absolute Gasteiger partial charge is 0.459 e. The van der Waals surface area contributed by atoms with E-state index in [2.05, 4.69) is 0 Å². The van der Waals surface area contributed by atoms with E-state index in [-0.39, 0.29) is 88.0 Å². The summed E-state index contributed by atoms with van der Waals surface area (Å²) in [6, 6.07) is -5.35. The Hall–Kier alpha value is -6.33. The van der Waals surface area contributed by atoms with Crippen molar-refractivity contribution in [3.05, 3.63) is 0 Å². The molecule has 20 atom stereocenters. The zero-order chi connectivity index (χ0) is 85.8. The van der Waals surface area contributed by atoms with E-state index in [1.165, 1.54) is 44.5 Å². The minimum atomic E-state index is -4.64. The van der Waals surface area contributed by atoms with Gasteiger partial charge in [0.25, 0.3) is 0 Å². The summed E-state index contributed by atoms with van der Waals surface area (Å²) in [6.07, 6.45) is -20.6. The van der Waals surface area contributed by atoms with Gasteiger partial charge in [0.2, 0.25) is 23.6 Å². The number of alkyl halides is 12. The van der Waals surface area contributed by atoms with Crippen LogP contribution in [-0.4, -0.2) is 266 Å². The van der Waals surface area contributed by atoms with Crippen LogP contribution >= 0.6 is 0 Å². The van der Waals surface area contributed by atoms with Crippen LogP contribution in [0.15, 0.2) is 0 Å². The Morgan fingerprint density at radius 3 is 0.991 bits per heavy atom. The van der Waals surface area contributed by atoms with Crippen LogP contribution in [0, 0.1) is 46.3 Å². The van der Waals surface area contributed by atoms with Crippen molar-refractivity contribution < 1.29 is 135 Å². The first-order valence-electron chi connectivity index (χ1n) is 39.8. The van der Waals surface area contributed by atoms with Gasteiger partial charge in [0.1, 0.15) is 60.8 Å². The highest BCUT2D eigenvalue weighted by molar-refractivity contribution is 5.82. The molecule has 12 bridgehead atoms. The van der Waals surface area contributed by atoms with Gasteiger partial charge in [0.05, 0.1) is 77.4 Å². The summed E-state index contributed by atoms with van der Waals surface area (Å²) in [4.78, 5) is 122. The first-order chi connectivity index (χ1) is 52.1. The van der Waals surface area contributed by atoms with Gasteiger partial charge in [-0.25, -0.2) is 14.4 Å². The van der Waals surface area contributed by atoms with Gasteiger partial charge in [0, 0.05) is 47.9 Å². The lowest BCUT2D eigenvalue weighted by Crippen LogP contribution is -2.59. The highest BCUT2D eigenvalue weighted by atomic mass is 19.4. The third kappa shape index (κ3) is 24.0. The summed E-state index contributed by atoms with van der Waals surface area (Å²) in [7, 11) is 1.47. The summed E-state index contributed by atoms with van der Waals surface area (Å²) in [6.45, 7) is 31.2. The molecule has 11 saturated heterocycles. The zero-order valence-corrected chi connectivity index (χ0v) is 67.7. The Labute approximate surface area is 669 Å². The second kappa shape index (κ2) is 36.3. The van der Waals surface area contributed by atoms with Crippen molar-refractivity contribution in [1.29, 1.82) is 0 Å². The number of aliphatic hydroxyl groups is 1. The highest BCUT2D eigenvalue weighted by Crippen LogP contribution is 2.55. The molecular weight excluding hydrogens is 1550 g/mol. The molecule has 24 nitrogen and oxygen atoms in total. The second-order valence-electron chi connectivity index (χ2n) is 37.2. The Kier molecular flexibility index (Phi) is 30.3. The van der Waals surface area contributed by atoms with Crippen molar-refractivity contribution in [1.82, 2.24) is 34.3 Å². The van der Waals surface area contributed by atoms with Gasteiger partial charge >= 0.3 is 54.9 Å². The van der Waals surface area contributed by atoms with Gasteiger partial charge < -0.3 is 57.9 Å². The Morgan fingerprint density at radius 1 is 0.391 bits per heavy atom. The van der Waals surface area contributed by atoms with Crippen LogP contribution in [0.2, 0.25) is 0 Å². The summed E-state index contributed by atoms with van der Waals surface area (Å²) in [5.74, 6) is -4.31. The topological polar surface area (TPSA) is 261 Å². The summed E-state index contributed by atoms with van der Waals surface area (Å²) >= 11 is 0. The van der Waals surface area contributed by atoms with E-state index in [0.29, 0.717) is 52.0 Å². The van der Waals surface area contributed by atoms with E-state index in [9.17, 15) is 101 Å². The number of methoxy groups -OCH3 is 1. The fraction of sp³-hybridized carbons (Fsp3) is 0.886. The number of hydrogen-bond acceptors (Lipinski definition) is 17. The molecule has 36 heteroatoms. The number of carbonyl (C=O) groups excluding carboxylic acids is 9. The molecule has 1 N–H and O–H groups in total. The van der Waals surface area contributed by atoms with Crippen LogP contribution in [-0.2, 0) is 61.9 Å². The summed E-state index contributed by atoms with van der Waals surface area (Å²) in [5.41, 5.74) is -3.68. The monoisotopic (exact) mass is 1670 g/mol. The van der Waals surface area contributed by atoms with E-state index in [4.69, 9.17) is 34.5 Å². The van der Waals surface area contributed by atoms with Crippen molar-refractivity contribution in [2.45, 2.75) is 355 Å². The lowest BCUT2D eigenvalue weighted by molar-refractivity contribution is -0.173. The molecular formula is C79H125F12N7O17. The first-order valence-corrected chi connectivity index (χ1v) is 39.1. The van der Waals surface area contributed by atoms with Crippen LogP contribution in [0.5, 0.6) is 0 Å². The lowest BCUT2D eigenvalue weighted by Gasteiger charge is -2.46. The van der Waals surface area contributed by atoms with Crippen LogP contribution in [0.3, 0.4) is 0 Å². The highest BCUT2D eigenvalue weighted by Gasteiger charge is 2.67. The Morgan fingerprint density at radius 2 is 0.670 bits per heavy atom. The number of esters is 2. The molecule has 13 aliphatic rings. The number of amides is 7. The maximum absolute atomic E-state index is 13.0. The number of piperidine rings is 7. The smallest absolute Gasteiger partial charge is 0.410 e. The molecule has 11 heterocycles. The number of ether oxygens (including phenoxy) is 7. The molecule has 115 heavy (non-hydrogen) atoms. The van der Waals surface area contributed by atoms with Crippen molar-refractivity contribution in [2.75, 3.05) is 46.5 Å². The van der Waals surface area contributed by atoms with Gasteiger partial charge in [-0.05, 0) is 210 Å². The fourth-order valence-electron chi connectivity index (χ4n) is 19.0. The second-order valence-corrected chi connectivity index (χ2v) is 37.2. The Balaban J connectivity index is 0.000000232. The van der Waals surface area contributed by atoms with Gasteiger partial charge in [-0.2, -0.15) is 52.7 Å². The molecule has 0 radical (unpaired) electrons. The maximum Gasteiger partial charge on any atom is 0.410 e. The third-order valence-corrected chi connectivity index (χ3v) is 22.7. The molecule has 0 aromatic heterocycles. The van der Waals surface area contributed by atoms with E-state index < -0.39 is 199 Å². The van der Waals surface area contributed by atoms with Crippen molar-refractivity contribution in [2.24, 2.45) is 46.3 Å². The average Bonchev–Trinajstić information content (AvgIpc) is 1.57. The SMILES string of the molecule is C.C.C1CCOC1.CC(C)(C)C(=O)O[C@@H]1C2[C@H]3CC(C[C@@H]1C3)CN2C(=O)CC(F)(F)F.CC(C)(C)OC(=O)N1[C@@H]2CC3C[C@H]1[C@H](O)C2N(C(=O)CC(F)(F)F)C3.CC(C)(C)OC(=O)N1[C@@H]2CC3C[C@H]1[C@H](OC(=O)C(C)(C)C)C2N(C(=O)CC(F)(F)F)C3.CO[C@@H]1C2[C@H]3CC(C[C@@H]1N3C(=O)OC(C)(C)C)CN2C(=O)CC(F)(F)F.[2H]CC.